The van der Waals surface area contributed by atoms with E-state index >= 15 is 0 Å². The monoisotopic (exact) mass is 327 g/mol. The van der Waals surface area contributed by atoms with E-state index in [4.69, 9.17) is 5.73 Å². The largest absolute Gasteiger partial charge is 0.399 e. The minimum absolute atomic E-state index is 0.0286. The minimum atomic E-state index is -0.504. The van der Waals surface area contributed by atoms with E-state index < -0.39 is 5.82 Å². The van der Waals surface area contributed by atoms with Crippen molar-refractivity contribution in [2.24, 2.45) is 0 Å². The third-order valence-corrected chi connectivity index (χ3v) is 4.21. The van der Waals surface area contributed by atoms with Crippen LogP contribution in [0.4, 0.5) is 10.1 Å². The molecule has 5 heteroatoms. The average Bonchev–Trinajstić information content (AvgIpc) is 2.62. The Balaban J connectivity index is 2.56. The molecular weight excluding hydrogens is 317 g/mol. The molecule has 18 heavy (non-hydrogen) atoms. The van der Waals surface area contributed by atoms with Crippen molar-refractivity contribution in [3.05, 3.63) is 49.4 Å². The Labute approximate surface area is 117 Å². The van der Waals surface area contributed by atoms with Crippen LogP contribution in [0.15, 0.2) is 22.0 Å². The van der Waals surface area contributed by atoms with Gasteiger partial charge in [-0.2, -0.15) is 0 Å². The Morgan fingerprint density at radius 3 is 2.50 bits per heavy atom. The summed E-state index contributed by atoms with van der Waals surface area (Å²) in [6.07, 6.45) is 0. The molecule has 0 saturated heterocycles. The van der Waals surface area contributed by atoms with E-state index in [0.29, 0.717) is 16.8 Å². The van der Waals surface area contributed by atoms with Crippen LogP contribution >= 0.6 is 27.3 Å². The molecule has 0 bridgehead atoms. The number of hydrogen-bond acceptors (Lipinski definition) is 3. The summed E-state index contributed by atoms with van der Waals surface area (Å²) in [5, 5.41) is 0. The van der Waals surface area contributed by atoms with Crippen LogP contribution in [-0.4, -0.2) is 5.78 Å². The molecular formula is C13H11BrFNOS. The summed E-state index contributed by atoms with van der Waals surface area (Å²) < 4.78 is 14.8. The Morgan fingerprint density at radius 1 is 1.28 bits per heavy atom. The second-order valence-electron chi connectivity index (χ2n) is 4.05. The van der Waals surface area contributed by atoms with Crippen LogP contribution in [0.3, 0.4) is 0 Å². The fourth-order valence-corrected chi connectivity index (χ4v) is 3.47. The van der Waals surface area contributed by atoms with E-state index in [9.17, 15) is 9.18 Å². The molecule has 0 aliphatic carbocycles. The maximum absolute atomic E-state index is 14.0. The first-order valence-electron chi connectivity index (χ1n) is 5.26. The Hall–Kier alpha value is -1.20. The zero-order chi connectivity index (χ0) is 13.4. The number of rotatable bonds is 2. The highest BCUT2D eigenvalue weighted by molar-refractivity contribution is 9.11. The molecule has 0 radical (unpaired) electrons. The number of aryl methyl sites for hydroxylation is 2. The van der Waals surface area contributed by atoms with Crippen molar-refractivity contribution in [1.29, 1.82) is 0 Å². The zero-order valence-electron chi connectivity index (χ0n) is 9.88. The van der Waals surface area contributed by atoms with E-state index in [1.165, 1.54) is 23.5 Å². The molecule has 1 aromatic carbocycles. The minimum Gasteiger partial charge on any atom is -0.399 e. The molecule has 0 unspecified atom stereocenters. The van der Waals surface area contributed by atoms with Crippen LogP contribution < -0.4 is 5.73 Å². The lowest BCUT2D eigenvalue weighted by Crippen LogP contribution is -2.07. The topological polar surface area (TPSA) is 43.1 Å². The molecule has 0 spiro atoms. The summed E-state index contributed by atoms with van der Waals surface area (Å²) in [6.45, 7) is 3.43. The van der Waals surface area contributed by atoms with Crippen molar-refractivity contribution in [1.82, 2.24) is 0 Å². The maximum atomic E-state index is 14.0. The van der Waals surface area contributed by atoms with Crippen LogP contribution in [0.1, 0.15) is 26.4 Å². The highest BCUT2D eigenvalue weighted by atomic mass is 79.9. The van der Waals surface area contributed by atoms with Gasteiger partial charge < -0.3 is 5.73 Å². The van der Waals surface area contributed by atoms with E-state index in [-0.39, 0.29) is 11.3 Å². The smallest absolute Gasteiger partial charge is 0.197 e. The number of carbonyl (C=O) groups is 1. The van der Waals surface area contributed by atoms with Gasteiger partial charge in [0, 0.05) is 16.1 Å². The van der Waals surface area contributed by atoms with Gasteiger partial charge in [-0.1, -0.05) is 0 Å². The maximum Gasteiger partial charge on any atom is 0.197 e. The molecule has 0 aliphatic heterocycles. The Kier molecular flexibility index (Phi) is 3.54. The number of thiophene rings is 1. The molecule has 2 aromatic rings. The predicted molar refractivity (Wildman–Crippen MR) is 75.7 cm³/mol. The Bertz CT molecular complexity index is 636. The van der Waals surface area contributed by atoms with Gasteiger partial charge in [-0.25, -0.2) is 4.39 Å². The van der Waals surface area contributed by atoms with Crippen molar-refractivity contribution in [3.8, 4) is 0 Å². The first kappa shape index (κ1) is 13.2. The van der Waals surface area contributed by atoms with E-state index in [1.54, 1.807) is 13.0 Å². The van der Waals surface area contributed by atoms with Gasteiger partial charge in [0.25, 0.3) is 0 Å². The van der Waals surface area contributed by atoms with Crippen molar-refractivity contribution in [2.75, 3.05) is 5.73 Å². The fraction of sp³-hybridized carbons (Fsp3) is 0.154. The van der Waals surface area contributed by atoms with Gasteiger partial charge in [-0.15, -0.1) is 11.3 Å². The number of halogens is 2. The summed E-state index contributed by atoms with van der Waals surface area (Å²) in [5.41, 5.74) is 6.97. The molecule has 1 heterocycles. The molecule has 2 nitrogen and oxygen atoms in total. The van der Waals surface area contributed by atoms with E-state index in [0.717, 1.165) is 8.66 Å². The van der Waals surface area contributed by atoms with Crippen molar-refractivity contribution < 1.29 is 9.18 Å². The molecule has 2 N–H and O–H groups in total. The van der Waals surface area contributed by atoms with E-state index in [2.05, 4.69) is 15.9 Å². The standard InChI is InChI=1S/C13H11BrFNOS/c1-6-3-8(16)4-10(12(6)15)13(17)9-5-11(14)18-7(9)2/h3-5H,16H2,1-2H3. The summed E-state index contributed by atoms with van der Waals surface area (Å²) in [5.74, 6) is -0.835. The van der Waals surface area contributed by atoms with E-state index in [1.807, 2.05) is 6.92 Å². The van der Waals surface area contributed by atoms with Gasteiger partial charge in [0.1, 0.15) is 5.82 Å². The summed E-state index contributed by atoms with van der Waals surface area (Å²) >= 11 is 4.77. The number of anilines is 1. The summed E-state index contributed by atoms with van der Waals surface area (Å²) in [7, 11) is 0. The lowest BCUT2D eigenvalue weighted by atomic mass is 10.0. The first-order valence-corrected chi connectivity index (χ1v) is 6.87. The van der Waals surface area contributed by atoms with Gasteiger partial charge in [0.2, 0.25) is 0 Å². The lowest BCUT2D eigenvalue weighted by Gasteiger charge is -2.06. The van der Waals surface area contributed by atoms with Gasteiger partial charge in [-0.05, 0) is 53.5 Å². The molecule has 0 atom stereocenters. The summed E-state index contributed by atoms with van der Waals surface area (Å²) in [4.78, 5) is 13.1. The number of ketones is 1. The van der Waals surface area contributed by atoms with Crippen molar-refractivity contribution in [2.45, 2.75) is 13.8 Å². The number of hydrogen-bond donors (Lipinski definition) is 1. The second-order valence-corrected chi connectivity index (χ2v) is 6.68. The van der Waals surface area contributed by atoms with Crippen LogP contribution in [0.5, 0.6) is 0 Å². The van der Waals surface area contributed by atoms with Gasteiger partial charge in [0.05, 0.1) is 9.35 Å². The molecule has 0 amide bonds. The quantitative estimate of drug-likeness (QED) is 0.667. The molecule has 0 aliphatic rings. The van der Waals surface area contributed by atoms with Crippen LogP contribution in [-0.2, 0) is 0 Å². The molecule has 0 fully saturated rings. The number of carbonyl (C=O) groups excluding carboxylic acids is 1. The fourth-order valence-electron chi connectivity index (χ4n) is 1.78. The summed E-state index contributed by atoms with van der Waals surface area (Å²) in [6, 6.07) is 4.61. The zero-order valence-corrected chi connectivity index (χ0v) is 12.3. The molecule has 0 saturated carbocycles. The van der Waals surface area contributed by atoms with Gasteiger partial charge in [0.15, 0.2) is 5.78 Å². The predicted octanol–water partition coefficient (Wildman–Crippen LogP) is 4.08. The SMILES string of the molecule is Cc1cc(N)cc(C(=O)c2cc(Br)sc2C)c1F. The molecule has 1 aromatic heterocycles. The normalized spacial score (nSPS) is 10.7. The molecule has 2 rings (SSSR count). The highest BCUT2D eigenvalue weighted by Gasteiger charge is 2.19. The molecule has 94 valence electrons. The second kappa shape index (κ2) is 4.82. The number of nitrogen functional groups attached to an aromatic ring is 1. The van der Waals surface area contributed by atoms with Crippen LogP contribution in [0, 0.1) is 19.7 Å². The number of nitrogens with two attached hydrogens (primary N) is 1. The van der Waals surface area contributed by atoms with Gasteiger partial charge >= 0.3 is 0 Å². The highest BCUT2D eigenvalue weighted by Crippen LogP contribution is 2.29. The Morgan fingerprint density at radius 2 is 1.94 bits per heavy atom. The third kappa shape index (κ3) is 2.33. The lowest BCUT2D eigenvalue weighted by molar-refractivity contribution is 0.103. The third-order valence-electron chi connectivity index (χ3n) is 2.65. The van der Waals surface area contributed by atoms with Crippen LogP contribution in [0.25, 0.3) is 0 Å². The number of benzene rings is 1. The van der Waals surface area contributed by atoms with Gasteiger partial charge in [-0.3, -0.25) is 4.79 Å². The first-order chi connectivity index (χ1) is 8.40. The average molecular weight is 328 g/mol. The van der Waals surface area contributed by atoms with Crippen molar-refractivity contribution in [3.63, 3.8) is 0 Å². The van der Waals surface area contributed by atoms with Crippen LogP contribution in [0.2, 0.25) is 0 Å². The van der Waals surface area contributed by atoms with Crippen molar-refractivity contribution >= 4 is 38.7 Å².